The number of fused-ring (bicyclic) bond motifs is 1. The number of amides is 1. The van der Waals surface area contributed by atoms with Gasteiger partial charge in [-0.1, -0.05) is 11.3 Å². The number of benzene rings is 3. The molecule has 4 aromatic rings. The molecule has 0 bridgehead atoms. The molecule has 1 heterocycles. The van der Waals surface area contributed by atoms with Gasteiger partial charge in [-0.05, 0) is 60.7 Å². The summed E-state index contributed by atoms with van der Waals surface area (Å²) in [4.78, 5) is 18.0. The van der Waals surface area contributed by atoms with Crippen molar-refractivity contribution in [3.8, 4) is 17.2 Å². The monoisotopic (exact) mass is 557 g/mol. The lowest BCUT2D eigenvalue weighted by Crippen LogP contribution is -2.19. The summed E-state index contributed by atoms with van der Waals surface area (Å²) >= 11 is 1.30. The minimum atomic E-state index is -3.81. The van der Waals surface area contributed by atoms with Gasteiger partial charge < -0.3 is 23.5 Å². The Morgan fingerprint density at radius 3 is 2.16 bits per heavy atom. The van der Waals surface area contributed by atoms with Crippen molar-refractivity contribution in [2.75, 3.05) is 39.8 Å². The molecule has 0 saturated carbocycles. The van der Waals surface area contributed by atoms with Gasteiger partial charge in [0.2, 0.25) is 0 Å². The SMILES string of the molecule is COCCn1c(=NC(=O)c2ccc(NS(=O)(=O)c3ccc(OC)cc3)cc2)sc2c(OC)ccc(OC)c21. The number of nitrogens with one attached hydrogen (secondary N) is 1. The van der Waals surface area contributed by atoms with Gasteiger partial charge in [0.25, 0.3) is 15.9 Å². The van der Waals surface area contributed by atoms with E-state index in [1.165, 1.54) is 54.8 Å². The summed E-state index contributed by atoms with van der Waals surface area (Å²) in [5.74, 6) is 1.33. The van der Waals surface area contributed by atoms with Gasteiger partial charge in [0, 0.05) is 24.9 Å². The van der Waals surface area contributed by atoms with Gasteiger partial charge in [0.05, 0.1) is 32.8 Å². The number of sulfonamides is 1. The van der Waals surface area contributed by atoms with Crippen LogP contribution in [0.3, 0.4) is 0 Å². The third kappa shape index (κ3) is 5.67. The minimum Gasteiger partial charge on any atom is -0.497 e. The van der Waals surface area contributed by atoms with Crippen molar-refractivity contribution in [1.82, 2.24) is 4.57 Å². The maximum absolute atomic E-state index is 13.1. The fourth-order valence-corrected chi connectivity index (χ4v) is 5.95. The molecule has 38 heavy (non-hydrogen) atoms. The molecular weight excluding hydrogens is 530 g/mol. The molecule has 1 amide bonds. The van der Waals surface area contributed by atoms with E-state index in [1.807, 2.05) is 4.57 Å². The molecule has 12 heteroatoms. The number of anilines is 1. The summed E-state index contributed by atoms with van der Waals surface area (Å²) in [5.41, 5.74) is 1.36. The van der Waals surface area contributed by atoms with Crippen molar-refractivity contribution >= 4 is 43.2 Å². The lowest BCUT2D eigenvalue weighted by Gasteiger charge is -2.10. The van der Waals surface area contributed by atoms with Crippen LogP contribution in [0, 0.1) is 0 Å². The molecule has 0 saturated heterocycles. The van der Waals surface area contributed by atoms with Crippen molar-refractivity contribution < 1.29 is 32.2 Å². The first-order chi connectivity index (χ1) is 18.3. The van der Waals surface area contributed by atoms with Crippen LogP contribution in [0.15, 0.2) is 70.6 Å². The van der Waals surface area contributed by atoms with Crippen molar-refractivity contribution in [2.45, 2.75) is 11.4 Å². The maximum Gasteiger partial charge on any atom is 0.279 e. The zero-order chi connectivity index (χ0) is 27.3. The Morgan fingerprint density at radius 1 is 0.895 bits per heavy atom. The smallest absolute Gasteiger partial charge is 0.279 e. The maximum atomic E-state index is 13.1. The van der Waals surface area contributed by atoms with Crippen LogP contribution in [0.25, 0.3) is 10.2 Å². The van der Waals surface area contributed by atoms with Crippen LogP contribution >= 0.6 is 11.3 Å². The molecule has 3 aromatic carbocycles. The third-order valence-corrected chi connectivity index (χ3v) is 8.15. The van der Waals surface area contributed by atoms with Crippen LogP contribution < -0.4 is 23.7 Å². The summed E-state index contributed by atoms with van der Waals surface area (Å²) in [6.45, 7) is 0.842. The molecular formula is C26H27N3O7S2. The van der Waals surface area contributed by atoms with Crippen LogP contribution in [0.5, 0.6) is 17.2 Å². The molecule has 0 spiro atoms. The number of ether oxygens (including phenoxy) is 4. The number of rotatable bonds is 10. The highest BCUT2D eigenvalue weighted by molar-refractivity contribution is 7.92. The number of methoxy groups -OCH3 is 4. The van der Waals surface area contributed by atoms with Crippen molar-refractivity contribution in [3.05, 3.63) is 71.0 Å². The van der Waals surface area contributed by atoms with E-state index in [0.29, 0.717) is 46.5 Å². The Kier molecular flexibility index (Phi) is 8.35. The van der Waals surface area contributed by atoms with Crippen LogP contribution in [-0.2, 0) is 21.3 Å². The number of carbonyl (C=O) groups excluding carboxylic acids is 1. The molecule has 0 aliphatic carbocycles. The van der Waals surface area contributed by atoms with Crippen LogP contribution in [-0.4, -0.2) is 53.9 Å². The average Bonchev–Trinajstić information content (AvgIpc) is 3.29. The van der Waals surface area contributed by atoms with Gasteiger partial charge >= 0.3 is 0 Å². The van der Waals surface area contributed by atoms with E-state index in [-0.39, 0.29) is 4.90 Å². The lowest BCUT2D eigenvalue weighted by molar-refractivity contribution is 0.0997. The minimum absolute atomic E-state index is 0.0877. The molecule has 0 atom stereocenters. The molecule has 1 N–H and O–H groups in total. The van der Waals surface area contributed by atoms with E-state index in [1.54, 1.807) is 45.6 Å². The fraction of sp³-hybridized carbons (Fsp3) is 0.231. The summed E-state index contributed by atoms with van der Waals surface area (Å²) in [6, 6.07) is 15.7. The van der Waals surface area contributed by atoms with E-state index >= 15 is 0 Å². The van der Waals surface area contributed by atoms with Gasteiger partial charge in [-0.2, -0.15) is 4.99 Å². The zero-order valence-electron chi connectivity index (χ0n) is 21.3. The van der Waals surface area contributed by atoms with Gasteiger partial charge in [0.15, 0.2) is 4.80 Å². The summed E-state index contributed by atoms with van der Waals surface area (Å²) in [5, 5.41) is 0. The van der Waals surface area contributed by atoms with Crippen molar-refractivity contribution in [2.24, 2.45) is 4.99 Å². The lowest BCUT2D eigenvalue weighted by atomic mass is 10.2. The Morgan fingerprint density at radius 2 is 1.55 bits per heavy atom. The first kappa shape index (κ1) is 27.2. The Bertz CT molecular complexity index is 1610. The van der Waals surface area contributed by atoms with E-state index in [2.05, 4.69) is 9.71 Å². The summed E-state index contributed by atoms with van der Waals surface area (Å²) in [7, 11) is 2.44. The van der Waals surface area contributed by atoms with Gasteiger partial charge in [-0.15, -0.1) is 0 Å². The molecule has 0 fully saturated rings. The first-order valence-electron chi connectivity index (χ1n) is 11.4. The summed E-state index contributed by atoms with van der Waals surface area (Å²) < 4.78 is 52.0. The molecule has 0 unspecified atom stereocenters. The number of hydrogen-bond donors (Lipinski definition) is 1. The molecule has 0 radical (unpaired) electrons. The van der Waals surface area contributed by atoms with Gasteiger partial charge in [-0.3, -0.25) is 9.52 Å². The second kappa shape index (κ2) is 11.7. The number of hydrogen-bond acceptors (Lipinski definition) is 8. The Balaban J connectivity index is 1.64. The largest absolute Gasteiger partial charge is 0.497 e. The van der Waals surface area contributed by atoms with Crippen LogP contribution in [0.1, 0.15) is 10.4 Å². The van der Waals surface area contributed by atoms with Crippen LogP contribution in [0.4, 0.5) is 5.69 Å². The number of carbonyl (C=O) groups is 1. The molecule has 10 nitrogen and oxygen atoms in total. The highest BCUT2D eigenvalue weighted by atomic mass is 32.2. The summed E-state index contributed by atoms with van der Waals surface area (Å²) in [6.07, 6.45) is 0. The third-order valence-electron chi connectivity index (χ3n) is 5.66. The quantitative estimate of drug-likeness (QED) is 0.314. The number of aromatic nitrogens is 1. The second-order valence-electron chi connectivity index (χ2n) is 7.95. The second-order valence-corrected chi connectivity index (χ2v) is 10.6. The zero-order valence-corrected chi connectivity index (χ0v) is 22.9. The van der Waals surface area contributed by atoms with E-state index in [0.717, 1.165) is 10.2 Å². The van der Waals surface area contributed by atoms with E-state index < -0.39 is 15.9 Å². The highest BCUT2D eigenvalue weighted by Crippen LogP contribution is 2.35. The van der Waals surface area contributed by atoms with Crippen molar-refractivity contribution in [3.63, 3.8) is 0 Å². The van der Waals surface area contributed by atoms with E-state index in [4.69, 9.17) is 18.9 Å². The van der Waals surface area contributed by atoms with Gasteiger partial charge in [-0.25, -0.2) is 8.42 Å². The van der Waals surface area contributed by atoms with E-state index in [9.17, 15) is 13.2 Å². The van der Waals surface area contributed by atoms with Gasteiger partial charge in [0.1, 0.15) is 27.5 Å². The Hall–Kier alpha value is -3.87. The standard InChI is InChI=1S/C26H27N3O7S2/c1-33-16-15-29-23-21(35-3)13-14-22(36-4)24(23)37-26(29)27-25(30)17-5-7-18(8-6-17)28-38(31,32)20-11-9-19(34-2)10-12-20/h5-14,28H,15-16H2,1-4H3. The number of thiazole rings is 1. The molecule has 4 rings (SSSR count). The van der Waals surface area contributed by atoms with Crippen molar-refractivity contribution in [1.29, 1.82) is 0 Å². The fourth-order valence-electron chi connectivity index (χ4n) is 3.73. The molecule has 200 valence electrons. The Labute approximate surface area is 224 Å². The molecule has 1 aromatic heterocycles. The molecule has 0 aliphatic heterocycles. The predicted octanol–water partition coefficient (Wildman–Crippen LogP) is 3.92. The average molecular weight is 558 g/mol. The normalized spacial score (nSPS) is 11.9. The first-order valence-corrected chi connectivity index (χ1v) is 13.7. The number of nitrogens with zero attached hydrogens (tertiary/aromatic N) is 2. The predicted molar refractivity (Wildman–Crippen MR) is 145 cm³/mol. The highest BCUT2D eigenvalue weighted by Gasteiger charge is 2.18. The van der Waals surface area contributed by atoms with Crippen LogP contribution in [0.2, 0.25) is 0 Å². The molecule has 0 aliphatic rings. The topological polar surface area (TPSA) is 117 Å².